The molecule has 0 spiro atoms. The normalized spacial score (nSPS) is 13.2. The van der Waals surface area contributed by atoms with Crippen molar-refractivity contribution in [2.24, 2.45) is 0 Å². The van der Waals surface area contributed by atoms with E-state index in [2.05, 4.69) is 57.2 Å². The van der Waals surface area contributed by atoms with E-state index in [1.54, 1.807) is 0 Å². The maximum atomic E-state index is 15.4. The lowest BCUT2D eigenvalue weighted by atomic mass is 10.0. The molecule has 1 nitrogen and oxygen atoms in total. The topological polar surface area (TPSA) is 17.1 Å². The summed E-state index contributed by atoms with van der Waals surface area (Å²) in [6.45, 7) is 6.36. The van der Waals surface area contributed by atoms with E-state index in [1.807, 2.05) is 66.7 Å². The molecule has 0 aromatic heterocycles. The van der Waals surface area contributed by atoms with Crippen molar-refractivity contribution in [3.8, 4) is 0 Å². The Balaban J connectivity index is 2.09. The van der Waals surface area contributed by atoms with E-state index in [0.29, 0.717) is 0 Å². The molecular weight excluding hydrogens is 383 g/mol. The number of benzene rings is 4. The Hall–Kier alpha value is -2.89. The summed E-state index contributed by atoms with van der Waals surface area (Å²) in [6, 6.07) is 34.8. The largest absolute Gasteiger partial charge is 0.313 e. The third-order valence-corrected chi connectivity index (χ3v) is 9.71. The zero-order valence-corrected chi connectivity index (χ0v) is 18.6. The van der Waals surface area contributed by atoms with Gasteiger partial charge in [-0.1, -0.05) is 103 Å². The monoisotopic (exact) mass is 410 g/mol. The van der Waals surface area contributed by atoms with Gasteiger partial charge in [0.25, 0.3) is 0 Å². The summed E-state index contributed by atoms with van der Waals surface area (Å²) in [4.78, 5) is 0. The third-order valence-electron chi connectivity index (χ3n) is 6.12. The Morgan fingerprint density at radius 2 is 1.03 bits per heavy atom. The molecule has 150 valence electrons. The van der Waals surface area contributed by atoms with Crippen molar-refractivity contribution >= 4 is 17.8 Å². The molecule has 0 bridgehead atoms. The van der Waals surface area contributed by atoms with Crippen molar-refractivity contribution in [2.75, 3.05) is 0 Å². The van der Waals surface area contributed by atoms with Crippen LogP contribution in [0.1, 0.15) is 33.5 Å². The van der Waals surface area contributed by atoms with Crippen LogP contribution in [0.5, 0.6) is 0 Å². The molecular formula is C28H27OP. The zero-order chi connectivity index (χ0) is 21.1. The van der Waals surface area contributed by atoms with Crippen molar-refractivity contribution in [1.29, 1.82) is 0 Å². The zero-order valence-electron chi connectivity index (χ0n) is 17.7. The molecule has 0 saturated carbocycles. The lowest BCUT2D eigenvalue weighted by Gasteiger charge is -2.31. The lowest BCUT2D eigenvalue weighted by Crippen LogP contribution is -2.25. The molecule has 0 N–H and O–H groups in total. The van der Waals surface area contributed by atoms with Crippen molar-refractivity contribution in [3.05, 3.63) is 131 Å². The van der Waals surface area contributed by atoms with E-state index < -0.39 is 7.14 Å². The minimum absolute atomic E-state index is 0.247. The molecule has 0 saturated heterocycles. The smallest absolute Gasteiger partial charge is 0.154 e. The third kappa shape index (κ3) is 3.55. The first-order valence-corrected chi connectivity index (χ1v) is 12.1. The highest BCUT2D eigenvalue weighted by molar-refractivity contribution is 7.79. The average molecular weight is 410 g/mol. The molecule has 0 heterocycles. The Labute approximate surface area is 179 Å². The molecule has 0 amide bonds. The van der Waals surface area contributed by atoms with Gasteiger partial charge >= 0.3 is 0 Å². The number of hydrogen-bond acceptors (Lipinski definition) is 1. The van der Waals surface area contributed by atoms with Crippen LogP contribution in [-0.2, 0) is 4.57 Å². The van der Waals surface area contributed by atoms with E-state index in [1.165, 1.54) is 11.1 Å². The number of rotatable bonds is 5. The first-order chi connectivity index (χ1) is 14.5. The van der Waals surface area contributed by atoms with Crippen molar-refractivity contribution in [3.63, 3.8) is 0 Å². The molecule has 30 heavy (non-hydrogen) atoms. The Bertz CT molecular complexity index is 1140. The SMILES string of the molecule is Cc1ccc(P(=O)(c2ccccc2)C(c2ccccc2)c2ccccc2)c(C)c1C. The molecule has 0 aliphatic heterocycles. The number of aryl methyl sites for hydroxylation is 1. The van der Waals surface area contributed by atoms with E-state index >= 15 is 4.57 Å². The van der Waals surface area contributed by atoms with Gasteiger partial charge in [-0.05, 0) is 48.6 Å². The predicted octanol–water partition coefficient (Wildman–Crippen LogP) is 6.72. The van der Waals surface area contributed by atoms with Gasteiger partial charge in [0.1, 0.15) is 0 Å². The minimum Gasteiger partial charge on any atom is -0.313 e. The van der Waals surface area contributed by atoms with Gasteiger partial charge in [0.15, 0.2) is 7.14 Å². The number of hydrogen-bond donors (Lipinski definition) is 0. The summed E-state index contributed by atoms with van der Waals surface area (Å²) in [5.74, 6) is 0. The summed E-state index contributed by atoms with van der Waals surface area (Å²) in [6.07, 6.45) is 0. The average Bonchev–Trinajstić information content (AvgIpc) is 2.79. The summed E-state index contributed by atoms with van der Waals surface area (Å²) < 4.78 is 15.4. The van der Waals surface area contributed by atoms with Gasteiger partial charge in [0, 0.05) is 10.6 Å². The van der Waals surface area contributed by atoms with Crippen molar-refractivity contribution < 1.29 is 4.57 Å². The fourth-order valence-electron chi connectivity index (χ4n) is 4.26. The molecule has 1 atom stereocenters. The summed E-state index contributed by atoms with van der Waals surface area (Å²) >= 11 is 0. The molecule has 1 unspecified atom stereocenters. The first kappa shape index (κ1) is 20.4. The maximum absolute atomic E-state index is 15.4. The summed E-state index contributed by atoms with van der Waals surface area (Å²) in [5, 5.41) is 1.85. The molecule has 4 rings (SSSR count). The van der Waals surface area contributed by atoms with Crippen LogP contribution in [0, 0.1) is 20.8 Å². The molecule has 0 aliphatic rings. The van der Waals surface area contributed by atoms with Gasteiger partial charge < -0.3 is 4.57 Å². The highest BCUT2D eigenvalue weighted by atomic mass is 31.2. The van der Waals surface area contributed by atoms with Crippen LogP contribution in [0.15, 0.2) is 103 Å². The Kier molecular flexibility index (Phi) is 5.75. The van der Waals surface area contributed by atoms with Gasteiger partial charge in [0.2, 0.25) is 0 Å². The first-order valence-electron chi connectivity index (χ1n) is 10.4. The fourth-order valence-corrected chi connectivity index (χ4v) is 7.88. The van der Waals surface area contributed by atoms with Crippen LogP contribution >= 0.6 is 7.14 Å². The van der Waals surface area contributed by atoms with Crippen LogP contribution in [-0.4, -0.2) is 0 Å². The molecule has 0 fully saturated rings. The van der Waals surface area contributed by atoms with Crippen LogP contribution < -0.4 is 10.6 Å². The summed E-state index contributed by atoms with van der Waals surface area (Å²) in [7, 11) is -3.06. The van der Waals surface area contributed by atoms with Gasteiger partial charge in [-0.2, -0.15) is 0 Å². The van der Waals surface area contributed by atoms with Crippen LogP contribution in [0.25, 0.3) is 0 Å². The standard InChI is InChI=1S/C28H27OP/c1-21-19-20-27(23(3)22(21)2)30(29,26-17-11-6-12-18-26)28(24-13-7-4-8-14-24)25-15-9-5-10-16-25/h4-20,28H,1-3H3. The van der Waals surface area contributed by atoms with Gasteiger partial charge in [0.05, 0.1) is 5.66 Å². The quantitative estimate of drug-likeness (QED) is 0.334. The maximum Gasteiger partial charge on any atom is 0.154 e. The minimum atomic E-state index is -3.06. The van der Waals surface area contributed by atoms with E-state index in [-0.39, 0.29) is 5.66 Å². The summed E-state index contributed by atoms with van der Waals surface area (Å²) in [5.41, 5.74) is 5.47. The second kappa shape index (κ2) is 8.46. The van der Waals surface area contributed by atoms with Crippen molar-refractivity contribution in [2.45, 2.75) is 26.4 Å². The molecule has 0 radical (unpaired) electrons. The Morgan fingerprint density at radius 3 is 1.53 bits per heavy atom. The van der Waals surface area contributed by atoms with Crippen molar-refractivity contribution in [1.82, 2.24) is 0 Å². The molecule has 2 heteroatoms. The molecule has 0 aliphatic carbocycles. The van der Waals surface area contributed by atoms with Crippen LogP contribution in [0.4, 0.5) is 0 Å². The molecule has 4 aromatic rings. The highest BCUT2D eigenvalue weighted by Crippen LogP contribution is 2.60. The fraction of sp³-hybridized carbons (Fsp3) is 0.143. The van der Waals surface area contributed by atoms with Gasteiger partial charge in [-0.3, -0.25) is 0 Å². The predicted molar refractivity (Wildman–Crippen MR) is 129 cm³/mol. The second-order valence-electron chi connectivity index (χ2n) is 7.87. The highest BCUT2D eigenvalue weighted by Gasteiger charge is 2.40. The van der Waals surface area contributed by atoms with Crippen LogP contribution in [0.2, 0.25) is 0 Å². The molecule has 4 aromatic carbocycles. The van der Waals surface area contributed by atoms with Crippen LogP contribution in [0.3, 0.4) is 0 Å². The lowest BCUT2D eigenvalue weighted by molar-refractivity contribution is 0.582. The van der Waals surface area contributed by atoms with Gasteiger partial charge in [-0.15, -0.1) is 0 Å². The van der Waals surface area contributed by atoms with Gasteiger partial charge in [-0.25, -0.2) is 0 Å². The van der Waals surface area contributed by atoms with E-state index in [4.69, 9.17) is 0 Å². The second-order valence-corrected chi connectivity index (χ2v) is 10.7. The van der Waals surface area contributed by atoms with E-state index in [0.717, 1.165) is 27.3 Å². The van der Waals surface area contributed by atoms with E-state index in [9.17, 15) is 0 Å². The Morgan fingerprint density at radius 1 is 0.567 bits per heavy atom.